The molecule has 3 nitrogen and oxygen atoms in total. The van der Waals surface area contributed by atoms with Gasteiger partial charge in [-0.3, -0.25) is 0 Å². The van der Waals surface area contributed by atoms with Crippen molar-refractivity contribution in [1.29, 1.82) is 0 Å². The van der Waals surface area contributed by atoms with Gasteiger partial charge in [-0.2, -0.15) is 4.39 Å². The van der Waals surface area contributed by atoms with Crippen LogP contribution in [0.3, 0.4) is 0 Å². The molecule has 0 spiro atoms. The van der Waals surface area contributed by atoms with Crippen LogP contribution in [0.25, 0.3) is 0 Å². The van der Waals surface area contributed by atoms with E-state index in [0.29, 0.717) is 17.9 Å². The fourth-order valence-electron chi connectivity index (χ4n) is 2.17. The first-order valence-electron chi connectivity index (χ1n) is 5.58. The Labute approximate surface area is 93.9 Å². The molecular formula is C12H16FNO2. The zero-order valence-electron chi connectivity index (χ0n) is 9.04. The van der Waals surface area contributed by atoms with Gasteiger partial charge in [0.1, 0.15) is 0 Å². The van der Waals surface area contributed by atoms with Gasteiger partial charge in [0.05, 0.1) is 0 Å². The predicted molar refractivity (Wildman–Crippen MR) is 59.0 cm³/mol. The Morgan fingerprint density at radius 1 is 1.38 bits per heavy atom. The van der Waals surface area contributed by atoms with Crippen LogP contribution in [0.5, 0.6) is 11.5 Å². The first-order valence-corrected chi connectivity index (χ1v) is 5.58. The predicted octanol–water partition coefficient (Wildman–Crippen LogP) is 1.78. The monoisotopic (exact) mass is 225 g/mol. The minimum Gasteiger partial charge on any atom is -0.505 e. The number of phenolic OH excluding ortho intramolecular Hbond substituents is 2. The largest absolute Gasteiger partial charge is 0.505 e. The van der Waals surface area contributed by atoms with E-state index in [1.807, 2.05) is 0 Å². The Kier molecular flexibility index (Phi) is 3.29. The number of hydrogen-bond acceptors (Lipinski definition) is 3. The summed E-state index contributed by atoms with van der Waals surface area (Å²) >= 11 is 0. The molecule has 0 bridgehead atoms. The van der Waals surface area contributed by atoms with Crippen molar-refractivity contribution in [3.8, 4) is 11.5 Å². The number of rotatable bonds is 2. The molecular weight excluding hydrogens is 209 g/mol. The average molecular weight is 225 g/mol. The topological polar surface area (TPSA) is 52.5 Å². The quantitative estimate of drug-likeness (QED) is 0.719. The summed E-state index contributed by atoms with van der Waals surface area (Å²) in [5.41, 5.74) is 0.573. The van der Waals surface area contributed by atoms with Gasteiger partial charge in [0.2, 0.25) is 5.82 Å². The SMILES string of the molecule is Oc1ccc(CC2CCCNC2)c(O)c1F. The Balaban J connectivity index is 2.11. The van der Waals surface area contributed by atoms with E-state index in [0.717, 1.165) is 25.9 Å². The van der Waals surface area contributed by atoms with E-state index in [1.165, 1.54) is 6.07 Å². The number of phenols is 2. The minimum atomic E-state index is -0.915. The third-order valence-corrected chi connectivity index (χ3v) is 3.09. The number of aromatic hydroxyl groups is 2. The van der Waals surface area contributed by atoms with Gasteiger partial charge in [0.15, 0.2) is 11.5 Å². The van der Waals surface area contributed by atoms with Gasteiger partial charge in [0, 0.05) is 0 Å². The van der Waals surface area contributed by atoms with E-state index in [1.54, 1.807) is 6.07 Å². The lowest BCUT2D eigenvalue weighted by Crippen LogP contribution is -2.30. The van der Waals surface area contributed by atoms with Crippen LogP contribution < -0.4 is 5.32 Å². The molecule has 1 aromatic rings. The maximum Gasteiger partial charge on any atom is 0.206 e. The Morgan fingerprint density at radius 3 is 2.88 bits per heavy atom. The van der Waals surface area contributed by atoms with E-state index < -0.39 is 17.3 Å². The Bertz CT molecular complexity index is 376. The van der Waals surface area contributed by atoms with Gasteiger partial charge >= 0.3 is 0 Å². The third kappa shape index (κ3) is 2.27. The Morgan fingerprint density at radius 2 is 2.19 bits per heavy atom. The molecule has 4 heteroatoms. The fourth-order valence-corrected chi connectivity index (χ4v) is 2.17. The average Bonchev–Trinajstić information content (AvgIpc) is 2.31. The van der Waals surface area contributed by atoms with Crippen LogP contribution in [0, 0.1) is 11.7 Å². The van der Waals surface area contributed by atoms with Gasteiger partial charge in [-0.25, -0.2) is 0 Å². The number of halogens is 1. The second-order valence-electron chi connectivity index (χ2n) is 4.32. The summed E-state index contributed by atoms with van der Waals surface area (Å²) in [6, 6.07) is 2.88. The molecule has 3 N–H and O–H groups in total. The first-order chi connectivity index (χ1) is 7.68. The van der Waals surface area contributed by atoms with Gasteiger partial charge in [-0.1, -0.05) is 6.07 Å². The highest BCUT2D eigenvalue weighted by atomic mass is 19.1. The maximum atomic E-state index is 13.2. The van der Waals surface area contributed by atoms with Crippen molar-refractivity contribution in [2.24, 2.45) is 5.92 Å². The van der Waals surface area contributed by atoms with Crippen LogP contribution in [0.15, 0.2) is 12.1 Å². The van der Waals surface area contributed by atoms with Crippen LogP contribution >= 0.6 is 0 Å². The van der Waals surface area contributed by atoms with Gasteiger partial charge in [-0.15, -0.1) is 0 Å². The normalized spacial score (nSPS) is 20.9. The molecule has 1 aliphatic rings. The van der Waals surface area contributed by atoms with Crippen LogP contribution in [-0.4, -0.2) is 23.3 Å². The molecule has 0 aliphatic carbocycles. The summed E-state index contributed by atoms with van der Waals surface area (Å²) in [6.45, 7) is 1.94. The van der Waals surface area contributed by atoms with E-state index >= 15 is 0 Å². The summed E-state index contributed by atoms with van der Waals surface area (Å²) in [6.07, 6.45) is 2.86. The summed E-state index contributed by atoms with van der Waals surface area (Å²) in [5, 5.41) is 21.9. The summed E-state index contributed by atoms with van der Waals surface area (Å²) in [4.78, 5) is 0. The first kappa shape index (κ1) is 11.2. The highest BCUT2D eigenvalue weighted by molar-refractivity contribution is 5.41. The second kappa shape index (κ2) is 4.70. The number of nitrogens with one attached hydrogen (secondary N) is 1. The molecule has 16 heavy (non-hydrogen) atoms. The molecule has 88 valence electrons. The summed E-state index contributed by atoms with van der Waals surface area (Å²) < 4.78 is 13.2. The van der Waals surface area contributed by atoms with E-state index in [-0.39, 0.29) is 0 Å². The van der Waals surface area contributed by atoms with Gasteiger partial charge in [0.25, 0.3) is 0 Å². The van der Waals surface area contributed by atoms with Crippen molar-refractivity contribution in [1.82, 2.24) is 5.32 Å². The smallest absolute Gasteiger partial charge is 0.206 e. The molecule has 1 fully saturated rings. The third-order valence-electron chi connectivity index (χ3n) is 3.09. The lowest BCUT2D eigenvalue weighted by molar-refractivity contribution is 0.358. The standard InChI is InChI=1S/C12H16FNO2/c13-11-10(15)4-3-9(12(11)16)6-8-2-1-5-14-7-8/h3-4,8,14-16H,1-2,5-7H2. The molecule has 1 aliphatic heterocycles. The number of benzene rings is 1. The second-order valence-corrected chi connectivity index (χ2v) is 4.32. The van der Waals surface area contributed by atoms with Crippen molar-refractivity contribution in [3.63, 3.8) is 0 Å². The van der Waals surface area contributed by atoms with E-state index in [4.69, 9.17) is 5.11 Å². The van der Waals surface area contributed by atoms with Crippen molar-refractivity contribution in [2.45, 2.75) is 19.3 Å². The zero-order chi connectivity index (χ0) is 11.5. The molecule has 1 atom stereocenters. The van der Waals surface area contributed by atoms with Crippen molar-refractivity contribution >= 4 is 0 Å². The molecule has 1 saturated heterocycles. The molecule has 0 aromatic heterocycles. The van der Waals surface area contributed by atoms with Crippen molar-refractivity contribution < 1.29 is 14.6 Å². The molecule has 2 rings (SSSR count). The summed E-state index contributed by atoms with van der Waals surface area (Å²) in [7, 11) is 0. The number of hydrogen-bond donors (Lipinski definition) is 3. The van der Waals surface area contributed by atoms with Crippen LogP contribution in [0.2, 0.25) is 0 Å². The minimum absolute atomic E-state index is 0.412. The lowest BCUT2D eigenvalue weighted by Gasteiger charge is -2.23. The van der Waals surface area contributed by atoms with Crippen molar-refractivity contribution in [3.05, 3.63) is 23.5 Å². The van der Waals surface area contributed by atoms with Crippen LogP contribution in [-0.2, 0) is 6.42 Å². The molecule has 0 radical (unpaired) electrons. The Hall–Kier alpha value is -1.29. The van der Waals surface area contributed by atoms with Gasteiger partial charge in [-0.05, 0) is 49.9 Å². The van der Waals surface area contributed by atoms with Crippen molar-refractivity contribution in [2.75, 3.05) is 13.1 Å². The van der Waals surface area contributed by atoms with E-state index in [2.05, 4.69) is 5.32 Å². The molecule has 0 amide bonds. The maximum absolute atomic E-state index is 13.2. The van der Waals surface area contributed by atoms with Crippen LogP contribution in [0.4, 0.5) is 4.39 Å². The molecule has 1 heterocycles. The fraction of sp³-hybridized carbons (Fsp3) is 0.500. The highest BCUT2D eigenvalue weighted by Gasteiger charge is 2.18. The molecule has 1 unspecified atom stereocenters. The molecule has 1 aromatic carbocycles. The number of piperidine rings is 1. The van der Waals surface area contributed by atoms with E-state index in [9.17, 15) is 9.50 Å². The lowest BCUT2D eigenvalue weighted by atomic mass is 9.92. The van der Waals surface area contributed by atoms with Crippen LogP contribution in [0.1, 0.15) is 18.4 Å². The highest BCUT2D eigenvalue weighted by Crippen LogP contribution is 2.30. The summed E-state index contributed by atoms with van der Waals surface area (Å²) in [5.74, 6) is -1.39. The van der Waals surface area contributed by atoms with Gasteiger partial charge < -0.3 is 15.5 Å². The zero-order valence-corrected chi connectivity index (χ0v) is 9.04. The molecule has 0 saturated carbocycles.